The molecule has 0 aliphatic heterocycles. The third kappa shape index (κ3) is 10.3. The van der Waals surface area contributed by atoms with Gasteiger partial charge in [-0.3, -0.25) is 0 Å². The third-order valence-electron chi connectivity index (χ3n) is 24.2. The molecule has 22 rings (SSSR count). The van der Waals surface area contributed by atoms with E-state index in [1.165, 1.54) is 162 Å². The zero-order valence-corrected chi connectivity index (χ0v) is 62.9. The van der Waals surface area contributed by atoms with E-state index in [1.54, 1.807) is 0 Å². The van der Waals surface area contributed by atoms with Crippen LogP contribution >= 0.6 is 22.7 Å². The molecule has 2 N–H and O–H groups in total. The minimum atomic E-state index is -0.689. The van der Waals surface area contributed by atoms with E-state index >= 15 is 0 Å². The fourth-order valence-electron chi connectivity index (χ4n) is 19.3. The van der Waals surface area contributed by atoms with Crippen LogP contribution in [0.25, 0.3) is 118 Å². The molecule has 4 nitrogen and oxygen atoms in total. The van der Waals surface area contributed by atoms with Gasteiger partial charge in [0.05, 0.1) is 10.8 Å². The van der Waals surface area contributed by atoms with E-state index < -0.39 is 10.8 Å². The minimum absolute atomic E-state index is 0.0955. The van der Waals surface area contributed by atoms with Crippen LogP contribution in [-0.2, 0) is 23.7 Å². The van der Waals surface area contributed by atoms with E-state index in [-0.39, 0.29) is 13.2 Å². The van der Waals surface area contributed by atoms with Crippen molar-refractivity contribution >= 4 is 121 Å². The first-order valence-electron chi connectivity index (χ1n) is 38.7. The maximum atomic E-state index is 10.0. The lowest BCUT2D eigenvalue weighted by Gasteiger charge is -2.35. The number of thiophene rings is 2. The number of hydrogen-bond donors (Lipinski definition) is 2. The molecule has 2 aromatic heterocycles. The smallest absolute Gasteiger partial charge is 0.0714 e. The van der Waals surface area contributed by atoms with Crippen molar-refractivity contribution in [3.8, 4) is 52.9 Å². The number of nitrogens with zero attached hydrogens (tertiary/aromatic N) is 2. The largest absolute Gasteiger partial charge is 0.396 e. The average molecular weight is 1470 g/mol. The van der Waals surface area contributed by atoms with Gasteiger partial charge in [-0.25, -0.2) is 0 Å². The van der Waals surface area contributed by atoms with Crippen LogP contribution in [0.5, 0.6) is 0 Å². The van der Waals surface area contributed by atoms with Crippen LogP contribution in [0.1, 0.15) is 55.6 Å². The minimum Gasteiger partial charge on any atom is -0.396 e. The summed E-state index contributed by atoms with van der Waals surface area (Å²) in [5.41, 5.74) is 24.3. The standard InChI is InChI=1S/C106H72N2O2S2/c109-57-55-67-27-41-83(42-28-67)107(87-59-75-35-31-69-15-13-16-70-32-36-76(60-87)103(75)101(69)70)85-45-49-91-89-47-39-73(63-93(89)105(95(91)65-85,79-19-5-1-6-20-79)80-21-7-2-8-22-80)97-51-53-99(111-97)100-54-52-98(112-100)74-40-48-90-92-50-46-86(66-96(92)106(94(90)64-74,81-23-9-3-10-24-81)82-25-11-4-12-26-82)108(84-43-29-68(30-44-84)56-58-110)88-61-77-37-33-71-17-14-18-72-34-38-78(62-88)104(77)102(71)72/h1-54,59-66,109-110H,55-58H2. The van der Waals surface area contributed by atoms with Gasteiger partial charge in [-0.1, -0.05) is 267 Å². The van der Waals surface area contributed by atoms with Crippen molar-refractivity contribution in [1.29, 1.82) is 0 Å². The second kappa shape index (κ2) is 26.3. The molecule has 0 unspecified atom stereocenters. The van der Waals surface area contributed by atoms with E-state index in [9.17, 15) is 10.2 Å². The van der Waals surface area contributed by atoms with E-state index in [2.05, 4.69) is 386 Å². The summed E-state index contributed by atoms with van der Waals surface area (Å²) in [5.74, 6) is 0. The molecule has 112 heavy (non-hydrogen) atoms. The molecule has 530 valence electrons. The van der Waals surface area contributed by atoms with Crippen LogP contribution in [0, 0.1) is 0 Å². The Morgan fingerprint density at radius 1 is 0.223 bits per heavy atom. The van der Waals surface area contributed by atoms with Crippen LogP contribution in [0.2, 0.25) is 0 Å². The van der Waals surface area contributed by atoms with Crippen molar-refractivity contribution in [2.45, 2.75) is 23.7 Å². The third-order valence-corrected chi connectivity index (χ3v) is 26.7. The summed E-state index contributed by atoms with van der Waals surface area (Å²) in [5, 5.41) is 35.1. The van der Waals surface area contributed by atoms with Crippen LogP contribution in [-0.4, -0.2) is 23.4 Å². The molecular formula is C106H72N2O2S2. The summed E-state index contributed by atoms with van der Waals surface area (Å²) >= 11 is 3.73. The Morgan fingerprint density at radius 3 is 0.839 bits per heavy atom. The van der Waals surface area contributed by atoms with E-state index in [0.717, 1.165) is 45.3 Å². The van der Waals surface area contributed by atoms with Crippen LogP contribution in [0.15, 0.2) is 376 Å². The van der Waals surface area contributed by atoms with Crippen molar-refractivity contribution in [2.75, 3.05) is 23.0 Å². The topological polar surface area (TPSA) is 46.9 Å². The van der Waals surface area contributed by atoms with Crippen molar-refractivity contribution in [3.63, 3.8) is 0 Å². The maximum absolute atomic E-state index is 10.0. The molecule has 0 radical (unpaired) electrons. The Balaban J connectivity index is 0.644. The molecule has 20 aromatic rings. The molecule has 0 spiro atoms. The highest BCUT2D eigenvalue weighted by molar-refractivity contribution is 7.25. The lowest BCUT2D eigenvalue weighted by Crippen LogP contribution is -2.28. The van der Waals surface area contributed by atoms with Gasteiger partial charge >= 0.3 is 0 Å². The number of aliphatic hydroxyl groups excluding tert-OH is 2. The second-order valence-corrected chi connectivity index (χ2v) is 32.3. The summed E-state index contributed by atoms with van der Waals surface area (Å²) in [4.78, 5) is 9.76. The Hall–Kier alpha value is -13.0. The Morgan fingerprint density at radius 2 is 0.509 bits per heavy atom. The summed E-state index contributed by atoms with van der Waals surface area (Å²) in [7, 11) is 0. The van der Waals surface area contributed by atoms with Gasteiger partial charge in [0.25, 0.3) is 0 Å². The molecule has 6 heteroatoms. The summed E-state index contributed by atoms with van der Waals surface area (Å²) < 4.78 is 0. The van der Waals surface area contributed by atoms with Crippen molar-refractivity contribution in [1.82, 2.24) is 0 Å². The fourth-order valence-corrected chi connectivity index (χ4v) is 21.4. The molecule has 0 atom stereocenters. The number of anilines is 6. The molecule has 2 heterocycles. The van der Waals surface area contributed by atoms with Gasteiger partial charge in [-0.15, -0.1) is 22.7 Å². The first kappa shape index (κ1) is 66.0. The number of hydrogen-bond acceptors (Lipinski definition) is 6. The van der Waals surface area contributed by atoms with Crippen molar-refractivity contribution in [2.24, 2.45) is 0 Å². The number of rotatable bonds is 17. The highest BCUT2D eigenvalue weighted by Crippen LogP contribution is 2.61. The van der Waals surface area contributed by atoms with Crippen molar-refractivity contribution < 1.29 is 10.2 Å². The number of fused-ring (bicyclic) bond motifs is 6. The summed E-state index contributed by atoms with van der Waals surface area (Å²) in [6.07, 6.45) is 1.19. The lowest BCUT2D eigenvalue weighted by molar-refractivity contribution is 0.299. The average Bonchev–Trinajstić information content (AvgIpc) is 1.54. The first-order chi connectivity index (χ1) is 55.4. The molecule has 2 aliphatic carbocycles. The molecule has 0 amide bonds. The SMILES string of the molecule is OCCc1ccc(N(c2ccc3c(c2)C(c2ccccc2)(c2ccccc2)c2cc(-c4ccc(-c5ccc(-c6ccc7c(c6)C(c6ccccc6)(c6ccccc6)c6cc(N(c8ccc(CCO)cc8)c8cc9ccc%10cccc%11ccc(c8)c9c%10%11)ccc6-7)s5)s4)ccc2-3)c2cc3ccc4cccc5ccc(c2)c3c45)cc1. The van der Waals surface area contributed by atoms with Crippen LogP contribution < -0.4 is 9.80 Å². The molecule has 18 aromatic carbocycles. The first-order valence-corrected chi connectivity index (χ1v) is 40.4. The predicted octanol–water partition coefficient (Wildman–Crippen LogP) is 27.3. The van der Waals surface area contributed by atoms with E-state index in [0.29, 0.717) is 12.8 Å². The molecule has 0 saturated carbocycles. The fraction of sp³-hybridized carbons (Fsp3) is 0.0566. The second-order valence-electron chi connectivity index (χ2n) is 30.2. The van der Waals surface area contributed by atoms with Gasteiger partial charge in [-0.2, -0.15) is 0 Å². The molecule has 0 fully saturated rings. The maximum Gasteiger partial charge on any atom is 0.0714 e. The monoisotopic (exact) mass is 1470 g/mol. The number of benzene rings is 18. The Labute approximate surface area is 658 Å². The summed E-state index contributed by atoms with van der Waals surface area (Å²) in [6, 6.07) is 141. The Kier molecular flexibility index (Phi) is 15.5. The van der Waals surface area contributed by atoms with Gasteiger partial charge in [0.1, 0.15) is 0 Å². The lowest BCUT2D eigenvalue weighted by atomic mass is 9.67. The molecule has 2 aliphatic rings. The van der Waals surface area contributed by atoms with Crippen LogP contribution in [0.3, 0.4) is 0 Å². The predicted molar refractivity (Wildman–Crippen MR) is 471 cm³/mol. The molecule has 0 saturated heterocycles. The molecular weight excluding hydrogens is 1400 g/mol. The summed E-state index contributed by atoms with van der Waals surface area (Å²) in [6.45, 7) is 0.191. The zero-order chi connectivity index (χ0) is 74.2. The van der Waals surface area contributed by atoms with Gasteiger partial charge in [0.15, 0.2) is 0 Å². The van der Waals surface area contributed by atoms with Gasteiger partial charge in [0, 0.05) is 66.8 Å². The van der Waals surface area contributed by atoms with Crippen LogP contribution in [0.4, 0.5) is 34.1 Å². The zero-order valence-electron chi connectivity index (χ0n) is 61.2. The normalized spacial score (nSPS) is 13.2. The quantitative estimate of drug-likeness (QED) is 0.0892. The highest BCUT2D eigenvalue weighted by Gasteiger charge is 2.49. The Bertz CT molecular complexity index is 6400. The number of aliphatic hydroxyl groups is 2. The van der Waals surface area contributed by atoms with Gasteiger partial charge < -0.3 is 20.0 Å². The van der Waals surface area contributed by atoms with E-state index in [1.807, 2.05) is 22.7 Å². The van der Waals surface area contributed by atoms with Crippen molar-refractivity contribution in [3.05, 3.63) is 432 Å². The molecule has 0 bridgehead atoms. The highest BCUT2D eigenvalue weighted by atomic mass is 32.1. The van der Waals surface area contributed by atoms with Gasteiger partial charge in [0.2, 0.25) is 0 Å². The van der Waals surface area contributed by atoms with E-state index in [4.69, 9.17) is 0 Å². The van der Waals surface area contributed by atoms with Gasteiger partial charge in [-0.05, 0) is 276 Å².